The van der Waals surface area contributed by atoms with Crippen molar-refractivity contribution < 1.29 is 9.47 Å². The molecule has 1 atom stereocenters. The molecule has 1 N–H and O–H groups in total. The van der Waals surface area contributed by atoms with E-state index >= 15 is 0 Å². The summed E-state index contributed by atoms with van der Waals surface area (Å²) in [6, 6.07) is 6.49. The second-order valence-corrected chi connectivity index (χ2v) is 5.05. The van der Waals surface area contributed by atoms with Crippen molar-refractivity contribution in [2.75, 3.05) is 20.8 Å². The standard InChI is InChI=1S/C15H25NO2/c1-11(2)16-10-12(3)8-13-9-14(17-4)6-7-15(13)18-5/h6-7,9,11-12,16H,8,10H2,1-5H3. The fraction of sp³-hybridized carbons (Fsp3) is 0.600. The largest absolute Gasteiger partial charge is 0.497 e. The van der Waals surface area contributed by atoms with Gasteiger partial charge in [-0.05, 0) is 42.6 Å². The Labute approximate surface area is 110 Å². The lowest BCUT2D eigenvalue weighted by atomic mass is 9.99. The van der Waals surface area contributed by atoms with Crippen molar-refractivity contribution >= 4 is 0 Å². The molecule has 0 radical (unpaired) electrons. The molecule has 1 rings (SSSR count). The van der Waals surface area contributed by atoms with Crippen LogP contribution in [0.25, 0.3) is 0 Å². The fourth-order valence-corrected chi connectivity index (χ4v) is 1.93. The zero-order valence-electron chi connectivity index (χ0n) is 12.1. The smallest absolute Gasteiger partial charge is 0.122 e. The van der Waals surface area contributed by atoms with Crippen LogP contribution in [0.4, 0.5) is 0 Å². The quantitative estimate of drug-likeness (QED) is 0.808. The van der Waals surface area contributed by atoms with Gasteiger partial charge in [0.15, 0.2) is 0 Å². The van der Waals surface area contributed by atoms with E-state index in [1.165, 1.54) is 5.56 Å². The molecular weight excluding hydrogens is 226 g/mol. The van der Waals surface area contributed by atoms with Gasteiger partial charge in [0, 0.05) is 6.04 Å². The number of hydrogen-bond acceptors (Lipinski definition) is 3. The van der Waals surface area contributed by atoms with Gasteiger partial charge in [-0.15, -0.1) is 0 Å². The summed E-state index contributed by atoms with van der Waals surface area (Å²) in [6.45, 7) is 7.59. The van der Waals surface area contributed by atoms with E-state index in [-0.39, 0.29) is 0 Å². The van der Waals surface area contributed by atoms with Gasteiger partial charge in [-0.3, -0.25) is 0 Å². The predicted molar refractivity (Wildman–Crippen MR) is 75.6 cm³/mol. The summed E-state index contributed by atoms with van der Waals surface area (Å²) in [7, 11) is 3.40. The zero-order chi connectivity index (χ0) is 13.5. The van der Waals surface area contributed by atoms with Crippen molar-refractivity contribution in [2.24, 2.45) is 5.92 Å². The van der Waals surface area contributed by atoms with Gasteiger partial charge in [-0.2, -0.15) is 0 Å². The molecule has 1 unspecified atom stereocenters. The maximum Gasteiger partial charge on any atom is 0.122 e. The van der Waals surface area contributed by atoms with Crippen LogP contribution in [0.1, 0.15) is 26.3 Å². The Bertz CT molecular complexity index is 364. The van der Waals surface area contributed by atoms with E-state index < -0.39 is 0 Å². The maximum atomic E-state index is 5.40. The van der Waals surface area contributed by atoms with Crippen LogP contribution in [-0.2, 0) is 6.42 Å². The van der Waals surface area contributed by atoms with Gasteiger partial charge < -0.3 is 14.8 Å². The number of nitrogens with one attached hydrogen (secondary N) is 1. The highest BCUT2D eigenvalue weighted by atomic mass is 16.5. The van der Waals surface area contributed by atoms with E-state index in [2.05, 4.69) is 32.2 Å². The van der Waals surface area contributed by atoms with Gasteiger partial charge in [0.2, 0.25) is 0 Å². The summed E-state index contributed by atoms with van der Waals surface area (Å²) in [5.41, 5.74) is 1.20. The van der Waals surface area contributed by atoms with Gasteiger partial charge in [0.25, 0.3) is 0 Å². The van der Waals surface area contributed by atoms with Gasteiger partial charge in [-0.25, -0.2) is 0 Å². The molecule has 0 aliphatic heterocycles. The highest BCUT2D eigenvalue weighted by Gasteiger charge is 2.10. The molecule has 3 heteroatoms. The lowest BCUT2D eigenvalue weighted by Crippen LogP contribution is -2.28. The molecule has 0 saturated carbocycles. The molecular formula is C15H25NO2. The van der Waals surface area contributed by atoms with Crippen LogP contribution in [0.2, 0.25) is 0 Å². The summed E-state index contributed by atoms with van der Waals surface area (Å²) in [5, 5.41) is 3.46. The Morgan fingerprint density at radius 1 is 1.11 bits per heavy atom. The molecule has 0 aliphatic rings. The molecule has 0 aromatic heterocycles. The van der Waals surface area contributed by atoms with E-state index in [1.807, 2.05) is 12.1 Å². The molecule has 18 heavy (non-hydrogen) atoms. The highest BCUT2D eigenvalue weighted by molar-refractivity contribution is 5.40. The van der Waals surface area contributed by atoms with Crippen molar-refractivity contribution in [3.05, 3.63) is 23.8 Å². The zero-order valence-corrected chi connectivity index (χ0v) is 12.1. The lowest BCUT2D eigenvalue weighted by Gasteiger charge is -2.17. The average molecular weight is 251 g/mol. The molecule has 0 bridgehead atoms. The van der Waals surface area contributed by atoms with Gasteiger partial charge in [-0.1, -0.05) is 20.8 Å². The number of rotatable bonds is 7. The Kier molecular flexibility index (Phi) is 5.99. The summed E-state index contributed by atoms with van der Waals surface area (Å²) in [5.74, 6) is 2.38. The minimum atomic E-state index is 0.527. The van der Waals surface area contributed by atoms with Crippen LogP contribution in [0.5, 0.6) is 11.5 Å². The average Bonchev–Trinajstić information content (AvgIpc) is 2.36. The molecule has 3 nitrogen and oxygen atoms in total. The molecule has 1 aromatic rings. The summed E-state index contributed by atoms with van der Waals surface area (Å²) < 4.78 is 10.7. The van der Waals surface area contributed by atoms with Crippen molar-refractivity contribution in [3.63, 3.8) is 0 Å². The van der Waals surface area contributed by atoms with Crippen molar-refractivity contribution in [2.45, 2.75) is 33.2 Å². The Morgan fingerprint density at radius 3 is 2.39 bits per heavy atom. The number of benzene rings is 1. The Balaban J connectivity index is 2.69. The molecule has 0 saturated heterocycles. The van der Waals surface area contributed by atoms with Crippen molar-refractivity contribution in [3.8, 4) is 11.5 Å². The van der Waals surface area contributed by atoms with E-state index in [9.17, 15) is 0 Å². The monoisotopic (exact) mass is 251 g/mol. The van der Waals surface area contributed by atoms with Crippen LogP contribution < -0.4 is 14.8 Å². The normalized spacial score (nSPS) is 12.6. The van der Waals surface area contributed by atoms with Crippen LogP contribution in [0, 0.1) is 5.92 Å². The first kappa shape index (κ1) is 14.8. The Hall–Kier alpha value is -1.22. The minimum Gasteiger partial charge on any atom is -0.497 e. The number of methoxy groups -OCH3 is 2. The molecule has 0 spiro atoms. The van der Waals surface area contributed by atoms with Crippen molar-refractivity contribution in [1.82, 2.24) is 5.32 Å². The fourth-order valence-electron chi connectivity index (χ4n) is 1.93. The third kappa shape index (κ3) is 4.57. The topological polar surface area (TPSA) is 30.5 Å². The maximum absolute atomic E-state index is 5.40. The van der Waals surface area contributed by atoms with Crippen LogP contribution in [0.15, 0.2) is 18.2 Å². The van der Waals surface area contributed by atoms with E-state index in [0.717, 1.165) is 24.5 Å². The van der Waals surface area contributed by atoms with Gasteiger partial charge in [0.05, 0.1) is 14.2 Å². The minimum absolute atomic E-state index is 0.527. The highest BCUT2D eigenvalue weighted by Crippen LogP contribution is 2.26. The number of ether oxygens (including phenoxy) is 2. The van der Waals surface area contributed by atoms with Gasteiger partial charge >= 0.3 is 0 Å². The van der Waals surface area contributed by atoms with Crippen molar-refractivity contribution in [1.29, 1.82) is 0 Å². The van der Waals surface area contributed by atoms with Gasteiger partial charge in [0.1, 0.15) is 11.5 Å². The Morgan fingerprint density at radius 2 is 1.83 bits per heavy atom. The third-order valence-corrected chi connectivity index (χ3v) is 2.93. The van der Waals surface area contributed by atoms with Crippen LogP contribution >= 0.6 is 0 Å². The molecule has 1 aromatic carbocycles. The molecule has 0 amide bonds. The molecule has 0 fully saturated rings. The van der Waals surface area contributed by atoms with Crippen LogP contribution in [-0.4, -0.2) is 26.8 Å². The summed E-state index contributed by atoms with van der Waals surface area (Å²) in [4.78, 5) is 0. The second kappa shape index (κ2) is 7.27. The molecule has 102 valence electrons. The molecule has 0 heterocycles. The third-order valence-electron chi connectivity index (χ3n) is 2.93. The predicted octanol–water partition coefficient (Wildman–Crippen LogP) is 2.88. The summed E-state index contributed by atoms with van der Waals surface area (Å²) in [6.07, 6.45) is 0.986. The van der Waals surface area contributed by atoms with Crippen LogP contribution in [0.3, 0.4) is 0 Å². The first-order valence-electron chi connectivity index (χ1n) is 6.51. The summed E-state index contributed by atoms with van der Waals surface area (Å²) >= 11 is 0. The van der Waals surface area contributed by atoms with E-state index in [0.29, 0.717) is 12.0 Å². The second-order valence-electron chi connectivity index (χ2n) is 5.05. The van der Waals surface area contributed by atoms with E-state index in [4.69, 9.17) is 9.47 Å². The molecule has 0 aliphatic carbocycles. The first-order valence-corrected chi connectivity index (χ1v) is 6.51. The van der Waals surface area contributed by atoms with E-state index in [1.54, 1.807) is 14.2 Å². The SMILES string of the molecule is COc1ccc(OC)c(CC(C)CNC(C)C)c1. The first-order chi connectivity index (χ1) is 8.56. The lowest BCUT2D eigenvalue weighted by molar-refractivity contribution is 0.393. The number of hydrogen-bond donors (Lipinski definition) is 1.